The van der Waals surface area contributed by atoms with E-state index in [0.29, 0.717) is 12.8 Å². The maximum atomic E-state index is 11.4. The predicted octanol–water partition coefficient (Wildman–Crippen LogP) is 0.826. The number of amides is 2. The number of nitrogens with zero attached hydrogens (tertiary/aromatic N) is 3. The van der Waals surface area contributed by atoms with E-state index < -0.39 is 23.4 Å². The highest BCUT2D eigenvalue weighted by molar-refractivity contribution is 7.10. The average molecular weight is 373 g/mol. The first-order chi connectivity index (χ1) is 11.7. The Labute approximate surface area is 147 Å². The van der Waals surface area contributed by atoms with Gasteiger partial charge in [0.25, 0.3) is 0 Å². The minimum atomic E-state index is -1.37. The van der Waals surface area contributed by atoms with Crippen LogP contribution >= 0.6 is 11.5 Å². The van der Waals surface area contributed by atoms with Crippen molar-refractivity contribution in [3.05, 3.63) is 5.82 Å². The van der Waals surface area contributed by atoms with Gasteiger partial charge in [0, 0.05) is 24.5 Å². The Morgan fingerprint density at radius 1 is 1.40 bits per heavy atom. The molecular weight excluding hydrogens is 354 g/mol. The Morgan fingerprint density at radius 2 is 2.12 bits per heavy atom. The molecule has 138 valence electrons. The first kappa shape index (κ1) is 20.3. The van der Waals surface area contributed by atoms with Gasteiger partial charge in [-0.2, -0.15) is 9.36 Å². The molecule has 11 nitrogen and oxygen atoms in total. The van der Waals surface area contributed by atoms with Gasteiger partial charge in [-0.25, -0.2) is 9.59 Å². The van der Waals surface area contributed by atoms with Crippen LogP contribution in [-0.4, -0.2) is 57.4 Å². The number of carbonyl (C=O) groups is 3. The third-order valence-electron chi connectivity index (χ3n) is 2.26. The SMILES string of the molecule is CC(C)(C)OC(=O)NCCCON=C(C(=O)O)c1nsc(NC=O)n1. The van der Waals surface area contributed by atoms with Gasteiger partial charge in [-0.15, -0.1) is 0 Å². The molecule has 2 amide bonds. The predicted molar refractivity (Wildman–Crippen MR) is 88.6 cm³/mol. The van der Waals surface area contributed by atoms with Gasteiger partial charge in [0.15, 0.2) is 0 Å². The van der Waals surface area contributed by atoms with E-state index in [4.69, 9.17) is 14.7 Å². The van der Waals surface area contributed by atoms with Crippen molar-refractivity contribution in [3.8, 4) is 0 Å². The van der Waals surface area contributed by atoms with Gasteiger partial charge in [0.2, 0.25) is 23.1 Å². The fraction of sp³-hybridized carbons (Fsp3) is 0.538. The topological polar surface area (TPSA) is 152 Å². The van der Waals surface area contributed by atoms with Gasteiger partial charge < -0.3 is 25.3 Å². The molecule has 0 saturated heterocycles. The molecule has 0 spiro atoms. The van der Waals surface area contributed by atoms with Gasteiger partial charge in [-0.1, -0.05) is 5.16 Å². The number of anilines is 1. The van der Waals surface area contributed by atoms with E-state index >= 15 is 0 Å². The highest BCUT2D eigenvalue weighted by Crippen LogP contribution is 2.11. The first-order valence-corrected chi connectivity index (χ1v) is 7.94. The summed E-state index contributed by atoms with van der Waals surface area (Å²) < 4.78 is 8.82. The van der Waals surface area contributed by atoms with Crippen LogP contribution in [0.15, 0.2) is 5.16 Å². The number of carboxylic acids is 1. The monoisotopic (exact) mass is 373 g/mol. The third kappa shape index (κ3) is 8.06. The molecule has 12 heteroatoms. The Kier molecular flexibility index (Phi) is 7.72. The molecule has 1 rings (SSSR count). The zero-order valence-corrected chi connectivity index (χ0v) is 14.8. The molecule has 0 bridgehead atoms. The Balaban J connectivity index is 2.42. The summed E-state index contributed by atoms with van der Waals surface area (Å²) in [5.41, 5.74) is -1.07. The van der Waals surface area contributed by atoms with E-state index in [1.165, 1.54) is 0 Å². The fourth-order valence-electron chi connectivity index (χ4n) is 1.36. The molecular formula is C13H19N5O6S. The van der Waals surface area contributed by atoms with Gasteiger partial charge in [-0.05, 0) is 20.8 Å². The van der Waals surface area contributed by atoms with Crippen LogP contribution in [-0.2, 0) is 19.2 Å². The zero-order chi connectivity index (χ0) is 18.9. The highest BCUT2D eigenvalue weighted by Gasteiger charge is 2.19. The highest BCUT2D eigenvalue weighted by atomic mass is 32.1. The van der Waals surface area contributed by atoms with E-state index in [-0.39, 0.29) is 24.1 Å². The number of nitrogens with one attached hydrogen (secondary N) is 2. The van der Waals surface area contributed by atoms with Crippen LogP contribution < -0.4 is 10.6 Å². The Hall–Kier alpha value is -2.76. The van der Waals surface area contributed by atoms with Crippen molar-refractivity contribution in [2.75, 3.05) is 18.5 Å². The minimum Gasteiger partial charge on any atom is -0.476 e. The second kappa shape index (κ2) is 9.52. The summed E-state index contributed by atoms with van der Waals surface area (Å²) in [5, 5.41) is 17.5. The molecule has 0 fully saturated rings. The van der Waals surface area contributed by atoms with Gasteiger partial charge >= 0.3 is 12.1 Å². The van der Waals surface area contributed by atoms with Crippen molar-refractivity contribution >= 4 is 40.8 Å². The van der Waals surface area contributed by atoms with Crippen molar-refractivity contribution < 1.29 is 29.1 Å². The molecule has 0 aromatic carbocycles. The molecule has 0 aliphatic rings. The number of aromatic nitrogens is 2. The first-order valence-electron chi connectivity index (χ1n) is 7.17. The summed E-state index contributed by atoms with van der Waals surface area (Å²) in [7, 11) is 0. The third-order valence-corrected chi connectivity index (χ3v) is 2.91. The largest absolute Gasteiger partial charge is 0.476 e. The number of aliphatic carboxylic acids is 1. The summed E-state index contributed by atoms with van der Waals surface area (Å²) in [5.74, 6) is -1.55. The van der Waals surface area contributed by atoms with Crippen molar-refractivity contribution in [2.45, 2.75) is 32.8 Å². The second-order valence-corrected chi connectivity index (χ2v) is 6.30. The van der Waals surface area contributed by atoms with Crippen LogP contribution in [0.5, 0.6) is 0 Å². The summed E-state index contributed by atoms with van der Waals surface area (Å²) in [4.78, 5) is 41.6. The summed E-state index contributed by atoms with van der Waals surface area (Å²) in [6.45, 7) is 5.59. The molecule has 0 radical (unpaired) electrons. The number of carbonyl (C=O) groups excluding carboxylic acids is 2. The van der Waals surface area contributed by atoms with E-state index in [9.17, 15) is 14.4 Å². The lowest BCUT2D eigenvalue weighted by Gasteiger charge is -2.19. The Bertz CT molecular complexity index is 639. The van der Waals surface area contributed by atoms with E-state index in [0.717, 1.165) is 11.5 Å². The standard InChI is InChI=1S/C13H19N5O6S/c1-13(2,3)24-12(22)14-5-4-6-23-17-8(10(20)21)9-16-11(15-7-19)25-18-9/h7H,4-6H2,1-3H3,(H,14,22)(H,20,21)(H,15,16,18,19). The van der Waals surface area contributed by atoms with Crippen LogP contribution in [0.3, 0.4) is 0 Å². The molecule has 0 saturated carbocycles. The van der Waals surface area contributed by atoms with Crippen LogP contribution in [0.2, 0.25) is 0 Å². The number of hydrogen-bond donors (Lipinski definition) is 3. The molecule has 0 unspecified atom stereocenters. The number of ether oxygens (including phenoxy) is 1. The normalized spacial score (nSPS) is 11.6. The molecule has 0 aliphatic heterocycles. The van der Waals surface area contributed by atoms with Crippen LogP contribution in [0.1, 0.15) is 33.0 Å². The lowest BCUT2D eigenvalue weighted by atomic mass is 10.2. The number of carboxylic acid groups (broad SMARTS) is 1. The summed E-state index contributed by atoms with van der Waals surface area (Å²) in [6, 6.07) is 0. The lowest BCUT2D eigenvalue weighted by molar-refractivity contribution is -0.129. The maximum absolute atomic E-state index is 11.4. The second-order valence-electron chi connectivity index (χ2n) is 5.55. The van der Waals surface area contributed by atoms with E-state index in [1.807, 2.05) is 0 Å². The van der Waals surface area contributed by atoms with Gasteiger partial charge in [0.1, 0.15) is 12.2 Å². The van der Waals surface area contributed by atoms with Gasteiger partial charge in [0.05, 0.1) is 0 Å². The maximum Gasteiger partial charge on any atom is 0.407 e. The lowest BCUT2D eigenvalue weighted by Crippen LogP contribution is -2.33. The van der Waals surface area contributed by atoms with Crippen LogP contribution in [0.4, 0.5) is 9.93 Å². The van der Waals surface area contributed by atoms with Gasteiger partial charge in [-0.3, -0.25) is 4.79 Å². The van der Waals surface area contributed by atoms with Crippen molar-refractivity contribution in [3.63, 3.8) is 0 Å². The Morgan fingerprint density at radius 3 is 2.72 bits per heavy atom. The number of rotatable bonds is 9. The summed E-state index contributed by atoms with van der Waals surface area (Å²) >= 11 is 0.810. The van der Waals surface area contributed by atoms with Crippen molar-refractivity contribution in [2.24, 2.45) is 5.16 Å². The molecule has 3 N–H and O–H groups in total. The number of oxime groups is 1. The van der Waals surface area contributed by atoms with Crippen molar-refractivity contribution in [1.82, 2.24) is 14.7 Å². The van der Waals surface area contributed by atoms with Crippen molar-refractivity contribution in [1.29, 1.82) is 0 Å². The smallest absolute Gasteiger partial charge is 0.407 e. The molecule has 1 aromatic heterocycles. The molecule has 1 aromatic rings. The molecule has 25 heavy (non-hydrogen) atoms. The quantitative estimate of drug-likeness (QED) is 0.249. The summed E-state index contributed by atoms with van der Waals surface area (Å²) in [6.07, 6.45) is 0.234. The van der Waals surface area contributed by atoms with Crippen LogP contribution in [0.25, 0.3) is 0 Å². The molecule has 0 aliphatic carbocycles. The fourth-order valence-corrected chi connectivity index (χ4v) is 1.88. The minimum absolute atomic E-state index is 0.0656. The molecule has 0 atom stereocenters. The molecule has 1 heterocycles. The van der Waals surface area contributed by atoms with E-state index in [1.54, 1.807) is 20.8 Å². The van der Waals surface area contributed by atoms with Crippen LogP contribution in [0, 0.1) is 0 Å². The zero-order valence-electron chi connectivity index (χ0n) is 13.9. The number of hydrogen-bond acceptors (Lipinski definition) is 9. The average Bonchev–Trinajstić information content (AvgIpc) is 2.92. The van der Waals surface area contributed by atoms with E-state index in [2.05, 4.69) is 25.1 Å². The number of alkyl carbamates (subject to hydrolysis) is 1.